The first-order valence-electron chi connectivity index (χ1n) is 8.51. The Morgan fingerprint density at radius 1 is 1.00 bits per heavy atom. The number of benzene rings is 2. The fourth-order valence-electron chi connectivity index (χ4n) is 3.14. The third-order valence-corrected chi connectivity index (χ3v) is 4.33. The number of carbonyl (C=O) groups is 1. The first-order chi connectivity index (χ1) is 12.8. The molecule has 0 saturated heterocycles. The molecule has 1 N–H and O–H groups in total. The summed E-state index contributed by atoms with van der Waals surface area (Å²) < 4.78 is 2.19. The lowest BCUT2D eigenvalue weighted by atomic mass is 10.2. The van der Waals surface area contributed by atoms with Gasteiger partial charge in [0.05, 0.1) is 6.21 Å². The van der Waals surface area contributed by atoms with Crippen molar-refractivity contribution >= 4 is 33.9 Å². The van der Waals surface area contributed by atoms with E-state index in [1.54, 1.807) is 18.6 Å². The van der Waals surface area contributed by atoms with E-state index in [0.717, 1.165) is 16.6 Å². The van der Waals surface area contributed by atoms with E-state index < -0.39 is 0 Å². The molecule has 2 aromatic carbocycles. The number of hydrogen-bond acceptors (Lipinski definition) is 3. The summed E-state index contributed by atoms with van der Waals surface area (Å²) in [6.07, 6.45) is 5.33. The molecule has 128 valence electrons. The van der Waals surface area contributed by atoms with Crippen LogP contribution in [-0.4, -0.2) is 21.7 Å². The Bertz CT molecular complexity index is 1030. The van der Waals surface area contributed by atoms with Crippen LogP contribution in [0, 0.1) is 0 Å². The highest BCUT2D eigenvalue weighted by Crippen LogP contribution is 2.28. The molecule has 26 heavy (non-hydrogen) atoms. The average Bonchev–Trinajstić information content (AvgIpc) is 3.01. The van der Waals surface area contributed by atoms with E-state index in [4.69, 9.17) is 0 Å². The summed E-state index contributed by atoms with van der Waals surface area (Å²) >= 11 is 0. The van der Waals surface area contributed by atoms with Crippen LogP contribution in [0.25, 0.3) is 21.8 Å². The molecular formula is C21H18N4O. The quantitative estimate of drug-likeness (QED) is 0.444. The number of hydrogen-bond donors (Lipinski definition) is 1. The van der Waals surface area contributed by atoms with Gasteiger partial charge in [0.15, 0.2) is 0 Å². The SMILES string of the molecule is O=C(CCn1c2ccccc2c2ccccc21)NN=Cc1cccnc1. The maximum atomic E-state index is 12.1. The fourth-order valence-corrected chi connectivity index (χ4v) is 3.14. The van der Waals surface area contributed by atoms with Crippen LogP contribution in [0.3, 0.4) is 0 Å². The van der Waals surface area contributed by atoms with Crippen molar-refractivity contribution < 1.29 is 4.79 Å². The predicted octanol–water partition coefficient (Wildman–Crippen LogP) is 3.73. The minimum absolute atomic E-state index is 0.119. The number of aryl methyl sites for hydroxylation is 1. The highest BCUT2D eigenvalue weighted by atomic mass is 16.2. The van der Waals surface area contributed by atoms with Crippen molar-refractivity contribution in [2.45, 2.75) is 13.0 Å². The molecule has 0 fully saturated rings. The van der Waals surface area contributed by atoms with E-state index in [1.165, 1.54) is 10.8 Å². The molecule has 4 aromatic rings. The number of pyridine rings is 1. The molecule has 0 radical (unpaired) electrons. The normalized spacial score (nSPS) is 11.4. The minimum atomic E-state index is -0.119. The summed E-state index contributed by atoms with van der Waals surface area (Å²) in [5.41, 5.74) is 5.70. The molecule has 0 spiro atoms. The van der Waals surface area contributed by atoms with Gasteiger partial charge in [-0.3, -0.25) is 9.78 Å². The van der Waals surface area contributed by atoms with Crippen molar-refractivity contribution in [2.75, 3.05) is 0 Å². The summed E-state index contributed by atoms with van der Waals surface area (Å²) in [5.74, 6) is -0.119. The fraction of sp³-hybridized carbons (Fsp3) is 0.0952. The van der Waals surface area contributed by atoms with Crippen molar-refractivity contribution in [3.05, 3.63) is 78.6 Å². The van der Waals surface area contributed by atoms with Gasteiger partial charge >= 0.3 is 0 Å². The van der Waals surface area contributed by atoms with Gasteiger partial charge in [0, 0.05) is 52.7 Å². The van der Waals surface area contributed by atoms with Crippen molar-refractivity contribution in [1.82, 2.24) is 15.0 Å². The highest BCUT2D eigenvalue weighted by Gasteiger charge is 2.10. The monoisotopic (exact) mass is 342 g/mol. The van der Waals surface area contributed by atoms with Gasteiger partial charge in [-0.05, 0) is 18.2 Å². The summed E-state index contributed by atoms with van der Waals surface area (Å²) in [5, 5.41) is 6.41. The lowest BCUT2D eigenvalue weighted by Crippen LogP contribution is -2.19. The van der Waals surface area contributed by atoms with Gasteiger partial charge in [-0.2, -0.15) is 5.10 Å². The van der Waals surface area contributed by atoms with Gasteiger partial charge in [-0.15, -0.1) is 0 Å². The molecule has 1 amide bonds. The third kappa shape index (κ3) is 3.19. The first-order valence-corrected chi connectivity index (χ1v) is 8.51. The molecule has 0 bridgehead atoms. The smallest absolute Gasteiger partial charge is 0.241 e. The summed E-state index contributed by atoms with van der Waals surface area (Å²) in [6, 6.07) is 20.2. The number of aromatic nitrogens is 2. The van der Waals surface area contributed by atoms with Crippen LogP contribution < -0.4 is 5.43 Å². The van der Waals surface area contributed by atoms with Crippen LogP contribution in [0.15, 0.2) is 78.2 Å². The summed E-state index contributed by atoms with van der Waals surface area (Å²) in [4.78, 5) is 16.1. The molecule has 4 rings (SSSR count). The topological polar surface area (TPSA) is 59.3 Å². The average molecular weight is 342 g/mol. The van der Waals surface area contributed by atoms with Gasteiger partial charge in [-0.1, -0.05) is 42.5 Å². The molecule has 0 unspecified atom stereocenters. The Morgan fingerprint density at radius 3 is 2.35 bits per heavy atom. The van der Waals surface area contributed by atoms with E-state index >= 15 is 0 Å². The molecule has 0 saturated carbocycles. The lowest BCUT2D eigenvalue weighted by molar-refractivity contribution is -0.121. The van der Waals surface area contributed by atoms with Gasteiger partial charge in [0.1, 0.15) is 0 Å². The second-order valence-electron chi connectivity index (χ2n) is 6.02. The standard InChI is InChI=1S/C21H18N4O/c26-21(24-23-15-16-6-5-12-22-14-16)11-13-25-19-9-3-1-7-17(19)18-8-2-4-10-20(18)25/h1-10,12,14-15H,11,13H2,(H,24,26). The van der Waals surface area contributed by atoms with Crippen molar-refractivity contribution in [3.63, 3.8) is 0 Å². The number of para-hydroxylation sites is 2. The number of nitrogens with one attached hydrogen (secondary N) is 1. The van der Waals surface area contributed by atoms with Crippen LogP contribution in [0.4, 0.5) is 0 Å². The second kappa shape index (κ2) is 7.19. The van der Waals surface area contributed by atoms with Crippen LogP contribution >= 0.6 is 0 Å². The predicted molar refractivity (Wildman–Crippen MR) is 104 cm³/mol. The molecule has 5 nitrogen and oxygen atoms in total. The number of amides is 1. The van der Waals surface area contributed by atoms with Crippen LogP contribution in [0.5, 0.6) is 0 Å². The van der Waals surface area contributed by atoms with Gasteiger partial charge in [-0.25, -0.2) is 5.43 Å². The Morgan fingerprint density at radius 2 is 1.69 bits per heavy atom. The Labute approximate surface area is 151 Å². The molecule has 0 aliphatic rings. The van der Waals surface area contributed by atoms with Crippen molar-refractivity contribution in [3.8, 4) is 0 Å². The number of nitrogens with zero attached hydrogens (tertiary/aromatic N) is 3. The molecule has 0 aliphatic carbocycles. The third-order valence-electron chi connectivity index (χ3n) is 4.33. The Hall–Kier alpha value is -3.47. The lowest BCUT2D eigenvalue weighted by Gasteiger charge is -2.06. The largest absolute Gasteiger partial charge is 0.340 e. The van der Waals surface area contributed by atoms with Crippen molar-refractivity contribution in [1.29, 1.82) is 0 Å². The maximum Gasteiger partial charge on any atom is 0.241 e. The van der Waals surface area contributed by atoms with E-state index in [9.17, 15) is 4.79 Å². The van der Waals surface area contributed by atoms with E-state index in [0.29, 0.717) is 13.0 Å². The molecule has 2 aromatic heterocycles. The zero-order chi connectivity index (χ0) is 17.8. The zero-order valence-corrected chi connectivity index (χ0v) is 14.2. The first kappa shape index (κ1) is 16.0. The Kier molecular flexibility index (Phi) is 4.43. The number of fused-ring (bicyclic) bond motifs is 3. The second-order valence-corrected chi connectivity index (χ2v) is 6.02. The maximum absolute atomic E-state index is 12.1. The molecular weight excluding hydrogens is 324 g/mol. The highest BCUT2D eigenvalue weighted by molar-refractivity contribution is 6.08. The van der Waals surface area contributed by atoms with Crippen LogP contribution in [0.1, 0.15) is 12.0 Å². The Balaban J connectivity index is 1.49. The number of rotatable bonds is 5. The molecule has 0 atom stereocenters. The van der Waals surface area contributed by atoms with Gasteiger partial charge in [0.25, 0.3) is 0 Å². The van der Waals surface area contributed by atoms with E-state index in [-0.39, 0.29) is 5.91 Å². The van der Waals surface area contributed by atoms with Crippen LogP contribution in [0.2, 0.25) is 0 Å². The minimum Gasteiger partial charge on any atom is -0.340 e. The van der Waals surface area contributed by atoms with Crippen molar-refractivity contribution in [2.24, 2.45) is 5.10 Å². The van der Waals surface area contributed by atoms with Crippen LogP contribution in [-0.2, 0) is 11.3 Å². The number of carbonyl (C=O) groups excluding carboxylic acids is 1. The van der Waals surface area contributed by atoms with Gasteiger partial charge < -0.3 is 4.57 Å². The van der Waals surface area contributed by atoms with E-state index in [1.807, 2.05) is 36.4 Å². The molecule has 0 aliphatic heterocycles. The zero-order valence-electron chi connectivity index (χ0n) is 14.2. The van der Waals surface area contributed by atoms with E-state index in [2.05, 4.69) is 44.3 Å². The summed E-state index contributed by atoms with van der Waals surface area (Å²) in [6.45, 7) is 0.599. The molecule has 5 heteroatoms. The number of hydrazone groups is 1. The van der Waals surface area contributed by atoms with Gasteiger partial charge in [0.2, 0.25) is 5.91 Å². The molecule has 2 heterocycles. The summed E-state index contributed by atoms with van der Waals surface area (Å²) in [7, 11) is 0.